The maximum Gasteiger partial charge on any atom is 0.229 e. The number of unbranched alkanes of at least 4 members (excludes halogenated alkanes) is 2. The van der Waals surface area contributed by atoms with Crippen molar-refractivity contribution in [3.05, 3.63) is 34.9 Å². The van der Waals surface area contributed by atoms with Crippen molar-refractivity contribution < 1.29 is 159 Å². The van der Waals surface area contributed by atoms with E-state index in [4.69, 9.17) is 56.8 Å². The van der Waals surface area contributed by atoms with Crippen LogP contribution >= 0.6 is 0 Å². The largest absolute Gasteiger partial charge is 0.462 e. The van der Waals surface area contributed by atoms with Gasteiger partial charge < -0.3 is 159 Å². The second kappa shape index (κ2) is 30.7. The van der Waals surface area contributed by atoms with Crippen LogP contribution in [0, 0.1) is 0 Å². The fourth-order valence-corrected chi connectivity index (χ4v) is 11.8. The second-order valence-electron chi connectivity index (χ2n) is 22.8. The minimum atomic E-state index is -2.11. The summed E-state index contributed by atoms with van der Waals surface area (Å²) in [6.45, 7) is -1.55. The van der Waals surface area contributed by atoms with Gasteiger partial charge in [0.2, 0.25) is 12.6 Å². The molecule has 1 aromatic rings. The third kappa shape index (κ3) is 14.8. The summed E-state index contributed by atoms with van der Waals surface area (Å²) < 4.78 is 70.9. The zero-order valence-corrected chi connectivity index (χ0v) is 47.2. The molecule has 32 nitrogen and oxygen atoms in total. The van der Waals surface area contributed by atoms with Crippen LogP contribution in [0.1, 0.15) is 69.4 Å². The summed E-state index contributed by atoms with van der Waals surface area (Å²) in [5.41, 5.74) is 1.76. The van der Waals surface area contributed by atoms with Crippen LogP contribution in [0.25, 0.3) is 0 Å². The Morgan fingerprint density at radius 2 is 0.709 bits per heavy atom. The molecule has 6 aliphatic heterocycles. The number of aliphatic hydroxyl groups is 20. The van der Waals surface area contributed by atoms with Gasteiger partial charge in [-0.2, -0.15) is 0 Å². The standard InChI is InChI=1S/C54H86O32/c1-3-4-5-8-20-11-22(75-51-41(71)45(33(63)26(15-57)79-51)85-53-43(73)47(35(65)28(17-59)81-53)83-49-39(69)37(67)31(61)24(13-55)77-49)30(21-9-6-7-19(2)10-21)23(12-20)76-52-42(72)46(34(64)27(16-58)80-52)86-54-44(74)48(36(66)29(18-60)82-54)84-50-40(70)38(68)32(62)25(14-56)78-50/h10-12,21,24-29,31-74H,3-9,13-18H2,1-2H3/t21-,24-,25+,26-,27+,28-,29+,31-,32+,33-,34+,35-,36+,37+,38-,39-,40+,41-,42+,43-,44+,45+,46-,47+,48-,49+,50-,51-,52+,53+,54-/m0/s1. The molecule has 1 aromatic carbocycles. The summed E-state index contributed by atoms with van der Waals surface area (Å²) in [5.74, 6) is -0.597. The zero-order chi connectivity index (χ0) is 62.6. The van der Waals surface area contributed by atoms with Crippen molar-refractivity contribution in [1.82, 2.24) is 0 Å². The van der Waals surface area contributed by atoms with Gasteiger partial charge in [0, 0.05) is 11.5 Å². The van der Waals surface area contributed by atoms with Crippen molar-refractivity contribution in [2.45, 2.75) is 249 Å². The van der Waals surface area contributed by atoms with Crippen molar-refractivity contribution >= 4 is 0 Å². The summed E-state index contributed by atoms with van der Waals surface area (Å²) in [7, 11) is 0. The van der Waals surface area contributed by atoms with E-state index in [1.165, 1.54) is 0 Å². The molecule has 6 fully saturated rings. The summed E-state index contributed by atoms with van der Waals surface area (Å²) in [6.07, 6.45) is -49.7. The number of allylic oxidation sites excluding steroid dienone is 2. The molecule has 494 valence electrons. The number of rotatable bonds is 23. The molecule has 0 bridgehead atoms. The molecule has 8 rings (SSSR count). The molecule has 1 aliphatic carbocycles. The van der Waals surface area contributed by atoms with Crippen molar-refractivity contribution in [3.8, 4) is 11.5 Å². The second-order valence-corrected chi connectivity index (χ2v) is 22.8. The molecular weight excluding hydrogens is 1160 g/mol. The molecule has 32 heteroatoms. The Labute approximate surface area is 492 Å². The van der Waals surface area contributed by atoms with Crippen LogP contribution in [0.2, 0.25) is 0 Å². The SMILES string of the molecule is CCCCCc1cc(O[C@H]2O[C@@H](CO)[C@H](O)[C@@H](O[C@H]3O[C@@H](CO)[C@H](O)[C@@H](O[C@H]4O[C@@H](CO)[C@H](O)[C@@H](O)[C@@H]4O)[C@@H]3O)[C@@H]2O)c([C@@H]2C=C(C)CCC2)c(O[C@@H]2O[C@H](CO)[C@@H](O)[C@H](O[C@@H]3O[C@H](CO)[C@@H](O)[C@H](O[C@@H]4O[C@H](CO)[C@@H](O)[C@H](O)[C@H]4O)[C@H]3O)[C@H]2O)c1. The molecule has 0 unspecified atom stereocenters. The van der Waals surface area contributed by atoms with Gasteiger partial charge in [0.15, 0.2) is 25.2 Å². The minimum absolute atomic E-state index is 0.0131. The molecule has 86 heavy (non-hydrogen) atoms. The molecular formula is C54H86O32. The van der Waals surface area contributed by atoms with E-state index in [2.05, 4.69) is 0 Å². The minimum Gasteiger partial charge on any atom is -0.462 e. The molecule has 6 saturated heterocycles. The van der Waals surface area contributed by atoms with Gasteiger partial charge in [0.25, 0.3) is 0 Å². The summed E-state index contributed by atoms with van der Waals surface area (Å²) >= 11 is 0. The van der Waals surface area contributed by atoms with Gasteiger partial charge in [-0.3, -0.25) is 0 Å². The average molecular weight is 1250 g/mol. The molecule has 31 atom stereocenters. The lowest BCUT2D eigenvalue weighted by atomic mass is 9.84. The lowest BCUT2D eigenvalue weighted by molar-refractivity contribution is -0.378. The quantitative estimate of drug-likeness (QED) is 0.0357. The highest BCUT2D eigenvalue weighted by molar-refractivity contribution is 5.52. The first kappa shape index (κ1) is 69.3. The van der Waals surface area contributed by atoms with E-state index in [-0.39, 0.29) is 17.1 Å². The Hall–Kier alpha value is -2.64. The topological polar surface area (TPSA) is 515 Å². The Kier molecular flexibility index (Phi) is 24.7. The van der Waals surface area contributed by atoms with Gasteiger partial charge in [0.05, 0.1) is 39.6 Å². The fraction of sp³-hybridized carbons (Fsp3) is 0.852. The lowest BCUT2D eigenvalue weighted by Gasteiger charge is -2.48. The van der Waals surface area contributed by atoms with E-state index in [1.807, 2.05) is 19.9 Å². The number of aliphatic hydroxyl groups excluding tert-OH is 20. The highest BCUT2D eigenvalue weighted by atomic mass is 16.8. The van der Waals surface area contributed by atoms with Gasteiger partial charge in [-0.15, -0.1) is 0 Å². The Morgan fingerprint density at radius 1 is 0.395 bits per heavy atom. The van der Waals surface area contributed by atoms with Crippen LogP contribution in [-0.2, 0) is 53.8 Å². The molecule has 0 saturated carbocycles. The molecule has 0 aromatic heterocycles. The molecule has 7 aliphatic rings. The van der Waals surface area contributed by atoms with Crippen LogP contribution in [-0.4, -0.2) is 326 Å². The van der Waals surface area contributed by atoms with E-state index >= 15 is 0 Å². The van der Waals surface area contributed by atoms with Gasteiger partial charge in [-0.1, -0.05) is 31.4 Å². The van der Waals surface area contributed by atoms with Crippen LogP contribution in [0.5, 0.6) is 11.5 Å². The fourth-order valence-electron chi connectivity index (χ4n) is 11.8. The maximum absolute atomic E-state index is 12.2. The Morgan fingerprint density at radius 3 is 1.03 bits per heavy atom. The Balaban J connectivity index is 1.09. The maximum atomic E-state index is 12.2. The van der Waals surface area contributed by atoms with Crippen molar-refractivity contribution in [1.29, 1.82) is 0 Å². The Bertz CT molecular complexity index is 2150. The average Bonchev–Trinajstić information content (AvgIpc) is 1.17. The number of hydrogen-bond acceptors (Lipinski definition) is 32. The number of ether oxygens (including phenoxy) is 12. The number of aryl methyl sites for hydroxylation is 1. The first-order valence-corrected chi connectivity index (χ1v) is 28.9. The van der Waals surface area contributed by atoms with E-state index < -0.39 is 230 Å². The van der Waals surface area contributed by atoms with Gasteiger partial charge in [-0.05, 0) is 56.7 Å². The number of hydrogen-bond donors (Lipinski definition) is 20. The summed E-state index contributed by atoms with van der Waals surface area (Å²) in [4.78, 5) is 0. The highest BCUT2D eigenvalue weighted by Gasteiger charge is 2.57. The van der Waals surface area contributed by atoms with E-state index in [1.54, 1.807) is 12.1 Å². The summed E-state index contributed by atoms with van der Waals surface area (Å²) in [6, 6.07) is 3.28. The predicted molar refractivity (Wildman–Crippen MR) is 279 cm³/mol. The van der Waals surface area contributed by atoms with Crippen LogP contribution in [0.15, 0.2) is 23.8 Å². The molecule has 0 spiro atoms. The predicted octanol–water partition coefficient (Wildman–Crippen LogP) is -8.71. The van der Waals surface area contributed by atoms with Crippen LogP contribution < -0.4 is 9.47 Å². The highest BCUT2D eigenvalue weighted by Crippen LogP contribution is 2.46. The molecule has 0 radical (unpaired) electrons. The molecule has 6 heterocycles. The third-order valence-corrected chi connectivity index (χ3v) is 16.8. The smallest absolute Gasteiger partial charge is 0.229 e. The van der Waals surface area contributed by atoms with Crippen LogP contribution in [0.4, 0.5) is 0 Å². The van der Waals surface area contributed by atoms with Crippen molar-refractivity contribution in [2.75, 3.05) is 39.6 Å². The normalized spacial score (nSPS) is 46.0. The first-order chi connectivity index (χ1) is 41.0. The van der Waals surface area contributed by atoms with Crippen LogP contribution in [0.3, 0.4) is 0 Å². The van der Waals surface area contributed by atoms with Crippen molar-refractivity contribution in [3.63, 3.8) is 0 Å². The molecule has 0 amide bonds. The van der Waals surface area contributed by atoms with E-state index in [0.717, 1.165) is 18.4 Å². The van der Waals surface area contributed by atoms with Gasteiger partial charge in [0.1, 0.15) is 158 Å². The first-order valence-electron chi connectivity index (χ1n) is 28.9. The third-order valence-electron chi connectivity index (χ3n) is 16.8. The lowest BCUT2D eigenvalue weighted by Crippen LogP contribution is -2.67. The zero-order valence-electron chi connectivity index (χ0n) is 47.2. The van der Waals surface area contributed by atoms with Gasteiger partial charge in [-0.25, -0.2) is 0 Å². The number of benzene rings is 1. The summed E-state index contributed by atoms with van der Waals surface area (Å²) in [5, 5.41) is 217. The molecule has 20 N–H and O–H groups in total. The van der Waals surface area contributed by atoms with E-state index in [9.17, 15) is 102 Å². The monoisotopic (exact) mass is 1250 g/mol. The van der Waals surface area contributed by atoms with E-state index in [0.29, 0.717) is 37.7 Å². The van der Waals surface area contributed by atoms with Gasteiger partial charge >= 0.3 is 0 Å². The van der Waals surface area contributed by atoms with Crippen molar-refractivity contribution in [2.24, 2.45) is 0 Å².